The average molecular weight is 441 g/mol. The van der Waals surface area contributed by atoms with Crippen molar-refractivity contribution in [2.45, 2.75) is 11.4 Å². The molecule has 162 valence electrons. The van der Waals surface area contributed by atoms with Crippen LogP contribution in [0.15, 0.2) is 77.7 Å². The summed E-state index contributed by atoms with van der Waals surface area (Å²) in [7, 11) is 1.01. The molecule has 0 saturated carbocycles. The smallest absolute Gasteiger partial charge is 0.255 e. The summed E-state index contributed by atoms with van der Waals surface area (Å²) >= 11 is 0. The summed E-state index contributed by atoms with van der Waals surface area (Å²) in [5.74, 6) is 0.793. The summed E-state index contributed by atoms with van der Waals surface area (Å²) in [5.41, 5.74) is 1.79. The van der Waals surface area contributed by atoms with Crippen molar-refractivity contribution in [3.05, 3.63) is 83.9 Å². The predicted molar refractivity (Wildman–Crippen MR) is 119 cm³/mol. The van der Waals surface area contributed by atoms with Crippen LogP contribution in [0.5, 0.6) is 11.5 Å². The number of hydrogen-bond donors (Lipinski definition) is 1. The number of methoxy groups -OCH3 is 2. The van der Waals surface area contributed by atoms with Gasteiger partial charge in [0.2, 0.25) is 10.0 Å². The lowest BCUT2D eigenvalue weighted by atomic mass is 10.1. The number of ether oxygens (including phenoxy) is 2. The Hall–Kier alpha value is -3.36. The molecule has 7 nitrogen and oxygen atoms in total. The molecule has 0 bridgehead atoms. The van der Waals surface area contributed by atoms with Gasteiger partial charge >= 0.3 is 0 Å². The minimum atomic E-state index is -3.58. The number of sulfonamides is 1. The molecule has 1 N–H and O–H groups in total. The number of rotatable bonds is 8. The SMILES string of the molecule is COc1ccc(NC(=O)c2ccc(CN(C)S(=O)(=O)c3ccccc3)cc2)cc1OC. The zero-order valence-electron chi connectivity index (χ0n) is 17.5. The molecule has 0 unspecified atom stereocenters. The van der Waals surface area contributed by atoms with E-state index in [1.54, 1.807) is 79.9 Å². The van der Waals surface area contributed by atoms with Gasteiger partial charge in [0, 0.05) is 30.9 Å². The molecule has 3 aromatic rings. The van der Waals surface area contributed by atoms with Crippen LogP contribution in [0.1, 0.15) is 15.9 Å². The highest BCUT2D eigenvalue weighted by atomic mass is 32.2. The molecule has 0 aromatic heterocycles. The summed E-state index contributed by atoms with van der Waals surface area (Å²) in [6.45, 7) is 0.189. The molecule has 0 saturated heterocycles. The van der Waals surface area contributed by atoms with E-state index in [9.17, 15) is 13.2 Å². The monoisotopic (exact) mass is 440 g/mol. The fourth-order valence-electron chi connectivity index (χ4n) is 2.99. The lowest BCUT2D eigenvalue weighted by molar-refractivity contribution is 0.102. The maximum Gasteiger partial charge on any atom is 0.255 e. The average Bonchev–Trinajstić information content (AvgIpc) is 2.79. The van der Waals surface area contributed by atoms with E-state index in [2.05, 4.69) is 5.32 Å². The van der Waals surface area contributed by atoms with Gasteiger partial charge in [-0.1, -0.05) is 30.3 Å². The van der Waals surface area contributed by atoms with Crippen molar-refractivity contribution >= 4 is 21.6 Å². The van der Waals surface area contributed by atoms with Gasteiger partial charge in [-0.05, 0) is 42.0 Å². The highest BCUT2D eigenvalue weighted by Gasteiger charge is 2.20. The van der Waals surface area contributed by atoms with Crippen LogP contribution in [0.4, 0.5) is 5.69 Å². The predicted octanol–water partition coefficient (Wildman–Crippen LogP) is 3.78. The second kappa shape index (κ2) is 9.63. The number of carbonyl (C=O) groups is 1. The Labute approximate surface area is 182 Å². The molecule has 8 heteroatoms. The highest BCUT2D eigenvalue weighted by molar-refractivity contribution is 7.89. The van der Waals surface area contributed by atoms with E-state index in [1.165, 1.54) is 18.5 Å². The molecule has 3 aromatic carbocycles. The molecule has 0 aliphatic heterocycles. The third-order valence-electron chi connectivity index (χ3n) is 4.71. The number of nitrogens with one attached hydrogen (secondary N) is 1. The van der Waals surface area contributed by atoms with Crippen molar-refractivity contribution < 1.29 is 22.7 Å². The van der Waals surface area contributed by atoms with Crippen LogP contribution in [0.3, 0.4) is 0 Å². The summed E-state index contributed by atoms with van der Waals surface area (Å²) in [6, 6.07) is 20.2. The molecular formula is C23H24N2O5S. The fourth-order valence-corrected chi connectivity index (χ4v) is 4.17. The summed E-state index contributed by atoms with van der Waals surface area (Å²) in [5, 5.41) is 2.81. The van der Waals surface area contributed by atoms with Crippen molar-refractivity contribution in [3.63, 3.8) is 0 Å². The van der Waals surface area contributed by atoms with E-state index in [-0.39, 0.29) is 17.3 Å². The van der Waals surface area contributed by atoms with E-state index in [0.717, 1.165) is 5.56 Å². The van der Waals surface area contributed by atoms with Crippen molar-refractivity contribution in [2.75, 3.05) is 26.6 Å². The molecule has 0 aliphatic carbocycles. The first kappa shape index (κ1) is 22.3. The van der Waals surface area contributed by atoms with Gasteiger partial charge in [0.25, 0.3) is 5.91 Å². The second-order valence-corrected chi connectivity index (χ2v) is 8.84. The van der Waals surface area contributed by atoms with Crippen molar-refractivity contribution in [1.82, 2.24) is 4.31 Å². The number of benzene rings is 3. The van der Waals surface area contributed by atoms with Gasteiger partial charge in [0.15, 0.2) is 11.5 Å². The quantitative estimate of drug-likeness (QED) is 0.576. The van der Waals surface area contributed by atoms with Gasteiger partial charge < -0.3 is 14.8 Å². The molecule has 0 fully saturated rings. The number of anilines is 1. The third-order valence-corrected chi connectivity index (χ3v) is 6.53. The van der Waals surface area contributed by atoms with Crippen LogP contribution in [0.25, 0.3) is 0 Å². The topological polar surface area (TPSA) is 84.9 Å². The number of hydrogen-bond acceptors (Lipinski definition) is 5. The Balaban J connectivity index is 1.68. The van der Waals surface area contributed by atoms with Crippen molar-refractivity contribution in [3.8, 4) is 11.5 Å². The molecule has 0 radical (unpaired) electrons. The first-order valence-corrected chi connectivity index (χ1v) is 10.9. The van der Waals surface area contributed by atoms with Crippen molar-refractivity contribution in [2.24, 2.45) is 0 Å². The first-order valence-electron chi connectivity index (χ1n) is 9.49. The second-order valence-electron chi connectivity index (χ2n) is 6.79. The molecule has 0 spiro atoms. The minimum absolute atomic E-state index is 0.189. The van der Waals surface area contributed by atoms with Crippen LogP contribution < -0.4 is 14.8 Å². The van der Waals surface area contributed by atoms with E-state index < -0.39 is 10.0 Å². The Morgan fingerprint density at radius 1 is 0.903 bits per heavy atom. The van der Waals surface area contributed by atoms with E-state index in [0.29, 0.717) is 22.7 Å². The Kier molecular flexibility index (Phi) is 6.94. The highest BCUT2D eigenvalue weighted by Crippen LogP contribution is 2.30. The van der Waals surface area contributed by atoms with Gasteiger partial charge in [-0.25, -0.2) is 8.42 Å². The van der Waals surface area contributed by atoms with E-state index >= 15 is 0 Å². The van der Waals surface area contributed by atoms with Gasteiger partial charge in [-0.15, -0.1) is 0 Å². The van der Waals surface area contributed by atoms with Crippen LogP contribution in [0, 0.1) is 0 Å². The molecule has 31 heavy (non-hydrogen) atoms. The Morgan fingerprint density at radius 2 is 1.55 bits per heavy atom. The van der Waals surface area contributed by atoms with Gasteiger partial charge in [0.1, 0.15) is 0 Å². The fraction of sp³-hybridized carbons (Fsp3) is 0.174. The van der Waals surface area contributed by atoms with Gasteiger partial charge in [0.05, 0.1) is 19.1 Å². The van der Waals surface area contributed by atoms with Gasteiger partial charge in [-0.3, -0.25) is 4.79 Å². The zero-order valence-corrected chi connectivity index (χ0v) is 18.3. The maximum absolute atomic E-state index is 12.7. The first-order chi connectivity index (χ1) is 14.8. The summed E-state index contributed by atoms with van der Waals surface area (Å²) in [6.07, 6.45) is 0. The van der Waals surface area contributed by atoms with E-state index in [4.69, 9.17) is 9.47 Å². The Bertz CT molecular complexity index is 1150. The minimum Gasteiger partial charge on any atom is -0.493 e. The van der Waals surface area contributed by atoms with Crippen LogP contribution in [-0.2, 0) is 16.6 Å². The number of nitrogens with zero attached hydrogens (tertiary/aromatic N) is 1. The van der Waals surface area contributed by atoms with Gasteiger partial charge in [-0.2, -0.15) is 4.31 Å². The molecule has 0 aliphatic rings. The molecular weight excluding hydrogens is 416 g/mol. The lowest BCUT2D eigenvalue weighted by Crippen LogP contribution is -2.26. The third kappa shape index (κ3) is 5.22. The van der Waals surface area contributed by atoms with Crippen LogP contribution in [0.2, 0.25) is 0 Å². The molecule has 0 atom stereocenters. The summed E-state index contributed by atoms with van der Waals surface area (Å²) in [4.78, 5) is 12.8. The Morgan fingerprint density at radius 3 is 2.16 bits per heavy atom. The number of carbonyl (C=O) groups excluding carboxylic acids is 1. The lowest BCUT2D eigenvalue weighted by Gasteiger charge is -2.17. The van der Waals surface area contributed by atoms with Crippen LogP contribution >= 0.6 is 0 Å². The zero-order chi connectivity index (χ0) is 22.4. The molecule has 0 heterocycles. The molecule has 3 rings (SSSR count). The largest absolute Gasteiger partial charge is 0.493 e. The van der Waals surface area contributed by atoms with E-state index in [1.807, 2.05) is 0 Å². The molecule has 1 amide bonds. The normalized spacial score (nSPS) is 11.2. The maximum atomic E-state index is 12.7. The number of amides is 1. The standard InChI is InChI=1S/C23H24N2O5S/c1-25(31(27,28)20-7-5-4-6-8-20)16-17-9-11-18(12-10-17)23(26)24-19-13-14-21(29-2)22(15-19)30-3/h4-15H,16H2,1-3H3,(H,24,26). The van der Waals surface area contributed by atoms with Crippen molar-refractivity contribution in [1.29, 1.82) is 0 Å². The summed E-state index contributed by atoms with van der Waals surface area (Å²) < 4.78 is 37.0. The van der Waals surface area contributed by atoms with Crippen LogP contribution in [-0.4, -0.2) is 39.9 Å².